The van der Waals surface area contributed by atoms with Crippen LogP contribution < -0.4 is 0 Å². The highest BCUT2D eigenvalue weighted by molar-refractivity contribution is 9.11. The summed E-state index contributed by atoms with van der Waals surface area (Å²) in [6.07, 6.45) is -1.02. The fourth-order valence-electron chi connectivity index (χ4n) is 1.86. The van der Waals surface area contributed by atoms with Crippen LogP contribution in [0.25, 0.3) is 0 Å². The van der Waals surface area contributed by atoms with E-state index in [1.54, 1.807) is 0 Å². The number of esters is 1. The SMILES string of the molecule is CC(OC(=O)c1cc(Br)c(O)c(Br)c1)C(=O)c1cccc(O)c1. The van der Waals surface area contributed by atoms with Crippen LogP contribution in [0.4, 0.5) is 0 Å². The number of carbonyl (C=O) groups excluding carboxylic acids is 2. The van der Waals surface area contributed by atoms with Crippen LogP contribution in [-0.2, 0) is 4.74 Å². The number of hydrogen-bond donors (Lipinski definition) is 2. The van der Waals surface area contributed by atoms with Crippen LogP contribution in [0.5, 0.6) is 11.5 Å². The minimum Gasteiger partial charge on any atom is -0.508 e. The van der Waals surface area contributed by atoms with Gasteiger partial charge in [0, 0.05) is 5.56 Å². The Hall–Kier alpha value is -1.86. The van der Waals surface area contributed by atoms with Crippen LogP contribution in [0.1, 0.15) is 27.6 Å². The van der Waals surface area contributed by atoms with E-state index in [4.69, 9.17) is 4.74 Å². The lowest BCUT2D eigenvalue weighted by molar-refractivity contribution is 0.0318. The number of phenols is 2. The molecule has 0 saturated heterocycles. The predicted octanol–water partition coefficient (Wildman–Crippen LogP) is 4.05. The summed E-state index contributed by atoms with van der Waals surface area (Å²) in [6.45, 7) is 1.45. The fourth-order valence-corrected chi connectivity index (χ4v) is 3.05. The lowest BCUT2D eigenvalue weighted by Crippen LogP contribution is -2.24. The van der Waals surface area contributed by atoms with Gasteiger partial charge >= 0.3 is 5.97 Å². The molecule has 7 heteroatoms. The lowest BCUT2D eigenvalue weighted by Gasteiger charge is -2.13. The minimum atomic E-state index is -1.02. The quantitative estimate of drug-likeness (QED) is 0.550. The van der Waals surface area contributed by atoms with Gasteiger partial charge in [0.1, 0.15) is 11.5 Å². The molecule has 0 saturated carbocycles. The van der Waals surface area contributed by atoms with Gasteiger partial charge in [-0.1, -0.05) is 12.1 Å². The van der Waals surface area contributed by atoms with Crippen LogP contribution >= 0.6 is 31.9 Å². The molecule has 0 aromatic heterocycles. The van der Waals surface area contributed by atoms with E-state index in [0.29, 0.717) is 8.95 Å². The van der Waals surface area contributed by atoms with Gasteiger partial charge in [0.25, 0.3) is 0 Å². The topological polar surface area (TPSA) is 83.8 Å². The monoisotopic (exact) mass is 442 g/mol. The van der Waals surface area contributed by atoms with E-state index in [0.717, 1.165) is 0 Å². The highest BCUT2D eigenvalue weighted by atomic mass is 79.9. The minimum absolute atomic E-state index is 0.0366. The summed E-state index contributed by atoms with van der Waals surface area (Å²) >= 11 is 6.25. The van der Waals surface area contributed by atoms with Crippen molar-refractivity contribution in [1.82, 2.24) is 0 Å². The summed E-state index contributed by atoms with van der Waals surface area (Å²) in [5.41, 5.74) is 0.426. The average molecular weight is 444 g/mol. The molecular formula is C16H12Br2O5. The Bertz CT molecular complexity index is 750. The highest BCUT2D eigenvalue weighted by Crippen LogP contribution is 2.33. The summed E-state index contributed by atoms with van der Waals surface area (Å²) in [5, 5.41) is 19.0. The maximum atomic E-state index is 12.2. The number of halogens is 2. The molecule has 0 amide bonds. The van der Waals surface area contributed by atoms with Crippen LogP contribution in [0.2, 0.25) is 0 Å². The Kier molecular flexibility index (Phi) is 5.43. The maximum absolute atomic E-state index is 12.2. The molecule has 0 aliphatic rings. The number of ether oxygens (including phenoxy) is 1. The molecule has 5 nitrogen and oxygen atoms in total. The number of phenolic OH excluding ortho intramolecular Hbond substituents is 2. The van der Waals surface area contributed by atoms with Crippen LogP contribution in [0.3, 0.4) is 0 Å². The van der Waals surface area contributed by atoms with Crippen molar-refractivity contribution in [3.63, 3.8) is 0 Å². The molecule has 1 unspecified atom stereocenters. The van der Waals surface area contributed by atoms with Crippen molar-refractivity contribution in [3.8, 4) is 11.5 Å². The summed E-state index contributed by atoms with van der Waals surface area (Å²) in [6, 6.07) is 8.60. The summed E-state index contributed by atoms with van der Waals surface area (Å²) in [5.74, 6) is -1.20. The van der Waals surface area contributed by atoms with Gasteiger partial charge < -0.3 is 14.9 Å². The molecule has 0 bridgehead atoms. The molecule has 2 aromatic rings. The molecule has 2 N–H and O–H groups in total. The standard InChI is InChI=1S/C16H12Br2O5/c1-8(14(20)9-3-2-4-11(19)5-9)23-16(22)10-6-12(17)15(21)13(18)7-10/h2-8,19,21H,1H3. The number of aromatic hydroxyl groups is 2. The molecule has 0 aliphatic heterocycles. The van der Waals surface area contributed by atoms with Gasteiger partial charge in [0.05, 0.1) is 14.5 Å². The largest absolute Gasteiger partial charge is 0.508 e. The Morgan fingerprint density at radius 2 is 1.65 bits per heavy atom. The molecule has 0 spiro atoms. The highest BCUT2D eigenvalue weighted by Gasteiger charge is 2.21. The lowest BCUT2D eigenvalue weighted by atomic mass is 10.1. The van der Waals surface area contributed by atoms with Gasteiger partial charge in [-0.3, -0.25) is 4.79 Å². The molecule has 0 fully saturated rings. The third kappa shape index (κ3) is 4.11. The molecule has 2 aromatic carbocycles. The van der Waals surface area contributed by atoms with Crippen molar-refractivity contribution in [2.45, 2.75) is 13.0 Å². The van der Waals surface area contributed by atoms with E-state index in [9.17, 15) is 19.8 Å². The van der Waals surface area contributed by atoms with E-state index >= 15 is 0 Å². The first-order valence-corrected chi connectivity index (χ1v) is 8.10. The van der Waals surface area contributed by atoms with Gasteiger partial charge in [-0.05, 0) is 63.0 Å². The Balaban J connectivity index is 2.15. The predicted molar refractivity (Wildman–Crippen MR) is 90.8 cm³/mol. The number of rotatable bonds is 4. The summed E-state index contributed by atoms with van der Waals surface area (Å²) in [7, 11) is 0. The van der Waals surface area contributed by atoms with Gasteiger partial charge in [-0.25, -0.2) is 4.79 Å². The van der Waals surface area contributed by atoms with Crippen LogP contribution in [0.15, 0.2) is 45.3 Å². The molecule has 0 aliphatic carbocycles. The smallest absolute Gasteiger partial charge is 0.338 e. The zero-order valence-corrected chi connectivity index (χ0v) is 15.1. The zero-order valence-electron chi connectivity index (χ0n) is 11.9. The van der Waals surface area contributed by atoms with Crippen LogP contribution in [0, 0.1) is 0 Å². The zero-order chi connectivity index (χ0) is 17.1. The van der Waals surface area contributed by atoms with Crippen LogP contribution in [-0.4, -0.2) is 28.1 Å². The third-order valence-electron chi connectivity index (χ3n) is 3.04. The summed E-state index contributed by atoms with van der Waals surface area (Å²) in [4.78, 5) is 24.3. The molecule has 1 atom stereocenters. The number of Topliss-reactive ketones (excluding diaryl/α,β-unsaturated/α-hetero) is 1. The molecule has 0 radical (unpaired) electrons. The normalized spacial score (nSPS) is 11.8. The molecular weight excluding hydrogens is 432 g/mol. The fraction of sp³-hybridized carbons (Fsp3) is 0.125. The summed E-state index contributed by atoms with van der Waals surface area (Å²) < 4.78 is 5.80. The van der Waals surface area contributed by atoms with Crippen molar-refractivity contribution in [2.24, 2.45) is 0 Å². The van der Waals surface area contributed by atoms with E-state index < -0.39 is 17.9 Å². The van der Waals surface area contributed by atoms with E-state index in [1.165, 1.54) is 43.3 Å². The number of hydrogen-bond acceptors (Lipinski definition) is 5. The second kappa shape index (κ2) is 7.14. The van der Waals surface area contributed by atoms with Gasteiger partial charge in [0.2, 0.25) is 5.78 Å². The average Bonchev–Trinajstić information content (AvgIpc) is 2.51. The third-order valence-corrected chi connectivity index (χ3v) is 4.25. The van der Waals surface area contributed by atoms with Crippen molar-refractivity contribution < 1.29 is 24.5 Å². The Morgan fingerprint density at radius 3 is 2.22 bits per heavy atom. The Labute approximate surface area is 149 Å². The van der Waals surface area contributed by atoms with Crippen molar-refractivity contribution in [1.29, 1.82) is 0 Å². The van der Waals surface area contributed by atoms with E-state index in [1.807, 2.05) is 0 Å². The van der Waals surface area contributed by atoms with Crippen molar-refractivity contribution in [3.05, 3.63) is 56.5 Å². The van der Waals surface area contributed by atoms with Gasteiger partial charge in [0.15, 0.2) is 6.10 Å². The molecule has 120 valence electrons. The second-order valence-corrected chi connectivity index (χ2v) is 6.46. The van der Waals surface area contributed by atoms with Gasteiger partial charge in [-0.2, -0.15) is 0 Å². The molecule has 23 heavy (non-hydrogen) atoms. The maximum Gasteiger partial charge on any atom is 0.338 e. The number of benzene rings is 2. The van der Waals surface area contributed by atoms with Crippen molar-refractivity contribution in [2.75, 3.05) is 0 Å². The van der Waals surface area contributed by atoms with Gasteiger partial charge in [-0.15, -0.1) is 0 Å². The van der Waals surface area contributed by atoms with Crippen molar-refractivity contribution >= 4 is 43.6 Å². The first-order chi connectivity index (χ1) is 10.8. The van der Waals surface area contributed by atoms with E-state index in [2.05, 4.69) is 31.9 Å². The molecule has 0 heterocycles. The van der Waals surface area contributed by atoms with E-state index in [-0.39, 0.29) is 22.6 Å². The number of ketones is 1. The second-order valence-electron chi connectivity index (χ2n) is 4.75. The first-order valence-electron chi connectivity index (χ1n) is 6.52. The Morgan fingerprint density at radius 1 is 1.04 bits per heavy atom. The molecule has 2 rings (SSSR count). The first kappa shape index (κ1) is 17.5. The number of carbonyl (C=O) groups is 2.